The minimum Gasteiger partial charge on any atom is -0.280 e. The molecular formula is C12H9BrINO2S. The summed E-state index contributed by atoms with van der Waals surface area (Å²) in [5, 5.41) is 0. The first kappa shape index (κ1) is 13.8. The second kappa shape index (κ2) is 5.58. The molecule has 0 fully saturated rings. The zero-order valence-electron chi connectivity index (χ0n) is 9.10. The highest BCUT2D eigenvalue weighted by atomic mass is 127. The first-order valence-corrected chi connectivity index (χ1v) is 8.37. The van der Waals surface area contributed by atoms with Gasteiger partial charge >= 0.3 is 0 Å². The summed E-state index contributed by atoms with van der Waals surface area (Å²) in [6, 6.07) is 13.7. The molecule has 1 N–H and O–H groups in total. The van der Waals surface area contributed by atoms with Crippen molar-refractivity contribution in [2.24, 2.45) is 0 Å². The molecule has 0 aliphatic carbocycles. The second-order valence-electron chi connectivity index (χ2n) is 3.57. The maximum atomic E-state index is 12.1. The summed E-state index contributed by atoms with van der Waals surface area (Å²) in [7, 11) is -3.52. The molecule has 0 radical (unpaired) electrons. The van der Waals surface area contributed by atoms with Gasteiger partial charge in [0.25, 0.3) is 10.0 Å². The first-order valence-electron chi connectivity index (χ1n) is 5.01. The summed E-state index contributed by atoms with van der Waals surface area (Å²) in [4.78, 5) is 0.240. The Morgan fingerprint density at radius 2 is 1.50 bits per heavy atom. The third kappa shape index (κ3) is 3.46. The fraction of sp³-hybridized carbons (Fsp3) is 0. The highest BCUT2D eigenvalue weighted by Gasteiger charge is 2.13. The summed E-state index contributed by atoms with van der Waals surface area (Å²) < 4.78 is 28.6. The minimum absolute atomic E-state index is 0.240. The maximum absolute atomic E-state index is 12.1. The van der Waals surface area contributed by atoms with Crippen molar-refractivity contribution in [3.05, 3.63) is 56.6 Å². The van der Waals surface area contributed by atoms with Crippen molar-refractivity contribution in [2.75, 3.05) is 4.72 Å². The lowest BCUT2D eigenvalue weighted by Crippen LogP contribution is -2.12. The van der Waals surface area contributed by atoms with Crippen LogP contribution < -0.4 is 4.72 Å². The van der Waals surface area contributed by atoms with Gasteiger partial charge in [-0.25, -0.2) is 8.42 Å². The van der Waals surface area contributed by atoms with E-state index < -0.39 is 10.0 Å². The van der Waals surface area contributed by atoms with E-state index in [-0.39, 0.29) is 4.90 Å². The minimum atomic E-state index is -3.52. The molecule has 0 atom stereocenters. The summed E-state index contributed by atoms with van der Waals surface area (Å²) >= 11 is 5.44. The number of halogens is 2. The molecule has 94 valence electrons. The van der Waals surface area contributed by atoms with E-state index >= 15 is 0 Å². The monoisotopic (exact) mass is 437 g/mol. The van der Waals surface area contributed by atoms with E-state index in [1.807, 2.05) is 12.1 Å². The SMILES string of the molecule is O=S(=O)(Nc1ccc(I)cc1)c1ccc(Br)cc1. The summed E-state index contributed by atoms with van der Waals surface area (Å²) in [5.41, 5.74) is 0.554. The lowest BCUT2D eigenvalue weighted by Gasteiger charge is -2.08. The molecule has 0 spiro atoms. The highest BCUT2D eigenvalue weighted by Crippen LogP contribution is 2.19. The van der Waals surface area contributed by atoms with E-state index in [1.54, 1.807) is 36.4 Å². The summed E-state index contributed by atoms with van der Waals surface area (Å²) in [5.74, 6) is 0. The van der Waals surface area contributed by atoms with Crippen molar-refractivity contribution >= 4 is 54.2 Å². The van der Waals surface area contributed by atoms with E-state index in [1.165, 1.54) is 0 Å². The van der Waals surface area contributed by atoms with Crippen LogP contribution in [0.25, 0.3) is 0 Å². The number of sulfonamides is 1. The van der Waals surface area contributed by atoms with E-state index in [2.05, 4.69) is 43.2 Å². The summed E-state index contributed by atoms with van der Waals surface area (Å²) in [6.45, 7) is 0. The van der Waals surface area contributed by atoms with Crippen molar-refractivity contribution in [3.63, 3.8) is 0 Å². The van der Waals surface area contributed by atoms with Crippen LogP contribution in [0.3, 0.4) is 0 Å². The van der Waals surface area contributed by atoms with Crippen LogP contribution in [0.5, 0.6) is 0 Å². The molecule has 0 bridgehead atoms. The molecule has 2 rings (SSSR count). The third-order valence-corrected chi connectivity index (χ3v) is 4.87. The quantitative estimate of drug-likeness (QED) is 0.741. The van der Waals surface area contributed by atoms with Gasteiger partial charge < -0.3 is 0 Å². The molecule has 0 heterocycles. The van der Waals surface area contributed by atoms with Gasteiger partial charge in [0, 0.05) is 13.7 Å². The largest absolute Gasteiger partial charge is 0.280 e. The van der Waals surface area contributed by atoms with Crippen LogP contribution in [0.2, 0.25) is 0 Å². The Hall–Kier alpha value is -0.600. The number of hydrogen-bond acceptors (Lipinski definition) is 2. The normalized spacial score (nSPS) is 11.2. The first-order chi connectivity index (χ1) is 8.47. The van der Waals surface area contributed by atoms with E-state index in [0.29, 0.717) is 5.69 Å². The number of nitrogens with one attached hydrogen (secondary N) is 1. The van der Waals surface area contributed by atoms with Crippen molar-refractivity contribution in [2.45, 2.75) is 4.90 Å². The van der Waals surface area contributed by atoms with Crippen LogP contribution in [0.1, 0.15) is 0 Å². The molecule has 0 aliphatic rings. The van der Waals surface area contributed by atoms with Crippen molar-refractivity contribution in [3.8, 4) is 0 Å². The van der Waals surface area contributed by atoms with Gasteiger partial charge in [-0.1, -0.05) is 15.9 Å². The average Bonchev–Trinajstić information content (AvgIpc) is 2.32. The number of anilines is 1. The molecule has 0 aromatic heterocycles. The number of benzene rings is 2. The zero-order valence-corrected chi connectivity index (χ0v) is 13.7. The Labute approximate surface area is 128 Å². The standard InChI is InChI=1S/C12H9BrINO2S/c13-9-1-7-12(8-2-9)18(16,17)15-11-5-3-10(14)4-6-11/h1-8,15H. The van der Waals surface area contributed by atoms with Gasteiger partial charge in [-0.05, 0) is 71.1 Å². The van der Waals surface area contributed by atoms with Gasteiger partial charge in [0.2, 0.25) is 0 Å². The molecule has 0 amide bonds. The predicted octanol–water partition coefficient (Wildman–Crippen LogP) is 3.85. The van der Waals surface area contributed by atoms with Gasteiger partial charge in [-0.2, -0.15) is 0 Å². The Balaban J connectivity index is 2.27. The van der Waals surface area contributed by atoms with Crippen LogP contribution >= 0.6 is 38.5 Å². The van der Waals surface area contributed by atoms with Gasteiger partial charge in [-0.15, -0.1) is 0 Å². The average molecular weight is 438 g/mol. The van der Waals surface area contributed by atoms with Gasteiger partial charge in [0.05, 0.1) is 4.90 Å². The van der Waals surface area contributed by atoms with Crippen LogP contribution in [0.4, 0.5) is 5.69 Å². The predicted molar refractivity (Wildman–Crippen MR) is 84.1 cm³/mol. The fourth-order valence-corrected chi connectivity index (χ4v) is 3.03. The van der Waals surface area contributed by atoms with Crippen LogP contribution in [0, 0.1) is 3.57 Å². The van der Waals surface area contributed by atoms with Gasteiger partial charge in [0.1, 0.15) is 0 Å². The van der Waals surface area contributed by atoms with Gasteiger partial charge in [-0.3, -0.25) is 4.72 Å². The molecule has 2 aromatic carbocycles. The molecule has 2 aromatic rings. The van der Waals surface area contributed by atoms with Crippen molar-refractivity contribution < 1.29 is 8.42 Å². The Kier molecular flexibility index (Phi) is 4.29. The topological polar surface area (TPSA) is 46.2 Å². The molecule has 0 saturated heterocycles. The van der Waals surface area contributed by atoms with E-state index in [0.717, 1.165) is 8.04 Å². The molecular weight excluding hydrogens is 429 g/mol. The molecule has 0 saturated carbocycles. The number of rotatable bonds is 3. The van der Waals surface area contributed by atoms with Crippen LogP contribution in [-0.2, 0) is 10.0 Å². The molecule has 0 unspecified atom stereocenters. The molecule has 3 nitrogen and oxygen atoms in total. The Morgan fingerprint density at radius 3 is 2.06 bits per heavy atom. The molecule has 0 aliphatic heterocycles. The lowest BCUT2D eigenvalue weighted by molar-refractivity contribution is 0.601. The molecule has 18 heavy (non-hydrogen) atoms. The maximum Gasteiger partial charge on any atom is 0.261 e. The zero-order chi connectivity index (χ0) is 13.2. The van der Waals surface area contributed by atoms with Gasteiger partial charge in [0.15, 0.2) is 0 Å². The lowest BCUT2D eigenvalue weighted by atomic mass is 10.3. The van der Waals surface area contributed by atoms with E-state index in [9.17, 15) is 8.42 Å². The Bertz CT molecular complexity index is 639. The van der Waals surface area contributed by atoms with E-state index in [4.69, 9.17) is 0 Å². The molecule has 6 heteroatoms. The van der Waals surface area contributed by atoms with Crippen LogP contribution in [-0.4, -0.2) is 8.42 Å². The Morgan fingerprint density at radius 1 is 0.944 bits per heavy atom. The van der Waals surface area contributed by atoms with Crippen molar-refractivity contribution in [1.29, 1.82) is 0 Å². The highest BCUT2D eigenvalue weighted by molar-refractivity contribution is 14.1. The smallest absolute Gasteiger partial charge is 0.261 e. The van der Waals surface area contributed by atoms with Crippen molar-refractivity contribution in [1.82, 2.24) is 0 Å². The number of hydrogen-bond donors (Lipinski definition) is 1. The fourth-order valence-electron chi connectivity index (χ4n) is 1.35. The second-order valence-corrected chi connectivity index (χ2v) is 7.41. The third-order valence-electron chi connectivity index (χ3n) is 2.22. The summed E-state index contributed by atoms with van der Waals surface area (Å²) in [6.07, 6.45) is 0. The van der Waals surface area contributed by atoms with Crippen LogP contribution in [0.15, 0.2) is 57.9 Å².